The number of carbonyl (C=O) groups is 1. The highest BCUT2D eigenvalue weighted by Gasteiger charge is 2.16. The summed E-state index contributed by atoms with van der Waals surface area (Å²) in [4.78, 5) is 10.7. The van der Waals surface area contributed by atoms with Gasteiger partial charge in [-0.3, -0.25) is 9.52 Å². The van der Waals surface area contributed by atoms with E-state index in [-0.39, 0.29) is 17.7 Å². The minimum absolute atomic E-state index is 0.0846. The van der Waals surface area contributed by atoms with E-state index in [1.807, 2.05) is 0 Å². The number of rotatable bonds is 7. The van der Waals surface area contributed by atoms with Crippen LogP contribution in [0.15, 0.2) is 47.4 Å². The topological polar surface area (TPSA) is 83.5 Å². The van der Waals surface area contributed by atoms with Crippen molar-refractivity contribution in [2.45, 2.75) is 37.5 Å². The zero-order valence-corrected chi connectivity index (χ0v) is 16.4. The highest BCUT2D eigenvalue weighted by atomic mass is 35.5. The van der Waals surface area contributed by atoms with Gasteiger partial charge < -0.3 is 5.11 Å². The predicted octanol–water partition coefficient (Wildman–Crippen LogP) is 4.31. The number of halogens is 1. The number of carboxylic acids is 1. The molecule has 0 fully saturated rings. The average Bonchev–Trinajstić information content (AvgIpc) is 2.61. The molecule has 7 heteroatoms. The van der Waals surface area contributed by atoms with Crippen molar-refractivity contribution in [3.05, 3.63) is 58.6 Å². The maximum atomic E-state index is 12.7. The molecule has 2 aromatic carbocycles. The van der Waals surface area contributed by atoms with E-state index in [1.165, 1.54) is 12.1 Å². The SMILES string of the molecule is CCCc1ccc(S(=O)(=O)Nc2ccc(Cl)cc2C#CCCC(=O)O)cc1. The first-order valence-corrected chi connectivity index (χ1v) is 10.3. The fourth-order valence-corrected chi connectivity index (χ4v) is 3.62. The number of hydrogen-bond acceptors (Lipinski definition) is 3. The molecule has 0 saturated carbocycles. The number of aryl methyl sites for hydroxylation is 1. The number of sulfonamides is 1. The van der Waals surface area contributed by atoms with Crippen molar-refractivity contribution in [1.82, 2.24) is 0 Å². The highest BCUT2D eigenvalue weighted by Crippen LogP contribution is 2.23. The van der Waals surface area contributed by atoms with Crippen LogP contribution >= 0.6 is 11.6 Å². The molecule has 0 heterocycles. The van der Waals surface area contributed by atoms with Gasteiger partial charge in [0.15, 0.2) is 0 Å². The molecule has 2 aromatic rings. The molecule has 0 aliphatic heterocycles. The van der Waals surface area contributed by atoms with Crippen LogP contribution in [0.3, 0.4) is 0 Å². The Morgan fingerprint density at radius 3 is 2.52 bits per heavy atom. The van der Waals surface area contributed by atoms with Gasteiger partial charge in [0.1, 0.15) is 0 Å². The van der Waals surface area contributed by atoms with Gasteiger partial charge in [0.05, 0.1) is 22.6 Å². The molecule has 0 radical (unpaired) electrons. The zero-order valence-electron chi connectivity index (χ0n) is 14.8. The number of hydrogen-bond donors (Lipinski definition) is 2. The van der Waals surface area contributed by atoms with Crippen molar-refractivity contribution in [3.63, 3.8) is 0 Å². The van der Waals surface area contributed by atoms with E-state index >= 15 is 0 Å². The third-order valence-electron chi connectivity index (χ3n) is 3.69. The molecule has 142 valence electrons. The second kappa shape index (κ2) is 9.45. The predicted molar refractivity (Wildman–Crippen MR) is 106 cm³/mol. The number of nitrogens with one attached hydrogen (secondary N) is 1. The second-order valence-electron chi connectivity index (χ2n) is 5.88. The molecule has 27 heavy (non-hydrogen) atoms. The molecule has 5 nitrogen and oxygen atoms in total. The van der Waals surface area contributed by atoms with Crippen LogP contribution in [-0.4, -0.2) is 19.5 Å². The van der Waals surface area contributed by atoms with Gasteiger partial charge in [0, 0.05) is 11.4 Å². The van der Waals surface area contributed by atoms with Gasteiger partial charge in [-0.05, 0) is 42.3 Å². The van der Waals surface area contributed by atoms with Crippen molar-refractivity contribution >= 4 is 33.3 Å². The van der Waals surface area contributed by atoms with E-state index < -0.39 is 16.0 Å². The molecule has 0 aliphatic rings. The first-order chi connectivity index (χ1) is 12.8. The molecule has 0 spiro atoms. The van der Waals surface area contributed by atoms with E-state index in [0.29, 0.717) is 16.3 Å². The molecule has 0 saturated heterocycles. The Morgan fingerprint density at radius 1 is 1.19 bits per heavy atom. The lowest BCUT2D eigenvalue weighted by atomic mass is 10.1. The molecule has 0 atom stereocenters. The van der Waals surface area contributed by atoms with Crippen molar-refractivity contribution in [1.29, 1.82) is 0 Å². The van der Waals surface area contributed by atoms with Crippen LogP contribution in [0.4, 0.5) is 5.69 Å². The molecule has 0 bridgehead atoms. The third-order valence-corrected chi connectivity index (χ3v) is 5.30. The van der Waals surface area contributed by atoms with Gasteiger partial charge in [0.25, 0.3) is 10.0 Å². The minimum atomic E-state index is -3.78. The Balaban J connectivity index is 2.25. The van der Waals surface area contributed by atoms with Crippen LogP contribution in [0.2, 0.25) is 5.02 Å². The van der Waals surface area contributed by atoms with Gasteiger partial charge in [-0.25, -0.2) is 8.42 Å². The summed E-state index contributed by atoms with van der Waals surface area (Å²) in [5.74, 6) is 4.57. The first-order valence-electron chi connectivity index (χ1n) is 8.44. The highest BCUT2D eigenvalue weighted by molar-refractivity contribution is 7.92. The van der Waals surface area contributed by atoms with Gasteiger partial charge in [-0.2, -0.15) is 0 Å². The van der Waals surface area contributed by atoms with Crippen molar-refractivity contribution in [3.8, 4) is 11.8 Å². The summed E-state index contributed by atoms with van der Waals surface area (Å²) in [5.41, 5.74) is 1.76. The van der Waals surface area contributed by atoms with E-state index in [0.717, 1.165) is 18.4 Å². The van der Waals surface area contributed by atoms with Gasteiger partial charge in [-0.1, -0.05) is 48.9 Å². The molecule has 0 amide bonds. The van der Waals surface area contributed by atoms with E-state index in [2.05, 4.69) is 23.5 Å². The van der Waals surface area contributed by atoms with Gasteiger partial charge in [0.2, 0.25) is 0 Å². The third kappa shape index (κ3) is 6.31. The normalized spacial score (nSPS) is 10.7. The van der Waals surface area contributed by atoms with E-state index in [4.69, 9.17) is 16.7 Å². The molecule has 2 rings (SSSR count). The molecule has 0 aromatic heterocycles. The number of anilines is 1. The molecular weight excluding hydrogens is 386 g/mol. The standard InChI is InChI=1S/C20H20ClNO4S/c1-2-5-15-8-11-18(12-9-15)27(25,26)22-19-13-10-17(21)14-16(19)6-3-4-7-20(23)24/h8-14,22H,2,4-5,7H2,1H3,(H,23,24). The van der Waals surface area contributed by atoms with E-state index in [9.17, 15) is 13.2 Å². The molecular formula is C20H20ClNO4S. The lowest BCUT2D eigenvalue weighted by molar-refractivity contribution is -0.136. The van der Waals surface area contributed by atoms with Crippen LogP contribution < -0.4 is 4.72 Å². The minimum Gasteiger partial charge on any atom is -0.481 e. The van der Waals surface area contributed by atoms with Crippen LogP contribution in [0, 0.1) is 11.8 Å². The van der Waals surface area contributed by atoms with Crippen LogP contribution in [-0.2, 0) is 21.2 Å². The summed E-state index contributed by atoms with van der Waals surface area (Å²) in [7, 11) is -3.78. The Morgan fingerprint density at radius 2 is 1.89 bits per heavy atom. The Bertz CT molecular complexity index is 973. The van der Waals surface area contributed by atoms with Crippen molar-refractivity contribution < 1.29 is 18.3 Å². The zero-order chi connectivity index (χ0) is 19.9. The number of benzene rings is 2. The lowest BCUT2D eigenvalue weighted by Gasteiger charge is -2.11. The largest absolute Gasteiger partial charge is 0.481 e. The average molecular weight is 406 g/mol. The fraction of sp³-hybridized carbons (Fsp3) is 0.250. The quantitative estimate of drug-likeness (QED) is 0.672. The van der Waals surface area contributed by atoms with Crippen molar-refractivity contribution in [2.24, 2.45) is 0 Å². The lowest BCUT2D eigenvalue weighted by Crippen LogP contribution is -2.14. The summed E-state index contributed by atoms with van der Waals surface area (Å²) in [6, 6.07) is 11.4. The van der Waals surface area contributed by atoms with Crippen LogP contribution in [0.25, 0.3) is 0 Å². The van der Waals surface area contributed by atoms with Gasteiger partial charge >= 0.3 is 5.97 Å². The van der Waals surface area contributed by atoms with E-state index in [1.54, 1.807) is 30.3 Å². The summed E-state index contributed by atoms with van der Waals surface area (Å²) in [6.07, 6.45) is 1.95. The summed E-state index contributed by atoms with van der Waals surface area (Å²) >= 11 is 5.98. The first kappa shape index (κ1) is 20.8. The van der Waals surface area contributed by atoms with Gasteiger partial charge in [-0.15, -0.1) is 0 Å². The Kier molecular flexibility index (Phi) is 7.28. The summed E-state index contributed by atoms with van der Waals surface area (Å²) < 4.78 is 27.8. The summed E-state index contributed by atoms with van der Waals surface area (Å²) in [5, 5.41) is 9.07. The Hall–Kier alpha value is -2.49. The van der Waals surface area contributed by atoms with Crippen LogP contribution in [0.1, 0.15) is 37.3 Å². The maximum absolute atomic E-state index is 12.7. The van der Waals surface area contributed by atoms with Crippen LogP contribution in [0.5, 0.6) is 0 Å². The second-order valence-corrected chi connectivity index (χ2v) is 8.00. The molecule has 0 aliphatic carbocycles. The fourth-order valence-electron chi connectivity index (χ4n) is 2.36. The summed E-state index contributed by atoms with van der Waals surface area (Å²) in [6.45, 7) is 2.06. The maximum Gasteiger partial charge on any atom is 0.304 e. The molecule has 2 N–H and O–H groups in total. The van der Waals surface area contributed by atoms with Crippen molar-refractivity contribution in [2.75, 3.05) is 4.72 Å². The Labute approximate surface area is 164 Å². The number of aliphatic carboxylic acids is 1. The monoisotopic (exact) mass is 405 g/mol. The number of carboxylic acid groups (broad SMARTS) is 1. The smallest absolute Gasteiger partial charge is 0.304 e. The molecule has 0 unspecified atom stereocenters.